The third kappa shape index (κ3) is 3.21. The van der Waals surface area contributed by atoms with Gasteiger partial charge in [-0.3, -0.25) is 14.9 Å². The molecule has 7 heteroatoms. The summed E-state index contributed by atoms with van der Waals surface area (Å²) in [7, 11) is 3.54. The molecule has 2 heterocycles. The number of nitrogens with zero attached hydrogens (tertiary/aromatic N) is 2. The molecule has 2 aliphatic heterocycles. The molecule has 0 spiro atoms. The zero-order valence-electron chi connectivity index (χ0n) is 14.0. The van der Waals surface area contributed by atoms with Crippen LogP contribution in [0.1, 0.15) is 42.5 Å². The zero-order valence-corrected chi connectivity index (χ0v) is 14.0. The van der Waals surface area contributed by atoms with Crippen LogP contribution in [0.15, 0.2) is 18.2 Å². The third-order valence-electron chi connectivity index (χ3n) is 5.31. The van der Waals surface area contributed by atoms with Crippen LogP contribution in [0.3, 0.4) is 0 Å². The molecular weight excluding hydrogens is 310 g/mol. The Hall–Kier alpha value is -2.15. The number of carbonyl (C=O) groups excluding carboxylic acids is 1. The van der Waals surface area contributed by atoms with Crippen LogP contribution in [0.2, 0.25) is 0 Å². The number of rotatable bonds is 4. The van der Waals surface area contributed by atoms with Gasteiger partial charge >= 0.3 is 5.69 Å². The largest absolute Gasteiger partial charge is 0.490 e. The number of nitrogens with one attached hydrogen (secondary N) is 1. The molecule has 0 saturated carbocycles. The van der Waals surface area contributed by atoms with Gasteiger partial charge < -0.3 is 15.0 Å². The van der Waals surface area contributed by atoms with Crippen molar-refractivity contribution in [1.82, 2.24) is 10.2 Å². The Balaban J connectivity index is 1.70. The van der Waals surface area contributed by atoms with E-state index >= 15 is 0 Å². The highest BCUT2D eigenvalue weighted by molar-refractivity contribution is 5.95. The van der Waals surface area contributed by atoms with Crippen molar-refractivity contribution in [3.05, 3.63) is 33.9 Å². The maximum Gasteiger partial charge on any atom is 0.310 e. The number of nitro groups is 1. The number of fused-ring (bicyclic) bond motifs is 2. The van der Waals surface area contributed by atoms with Gasteiger partial charge in [-0.05, 0) is 38.8 Å². The lowest BCUT2D eigenvalue weighted by Crippen LogP contribution is -2.55. The molecule has 2 atom stereocenters. The Kier molecular flexibility index (Phi) is 4.71. The number of nitro benzene ring substituents is 1. The minimum atomic E-state index is -0.515. The zero-order chi connectivity index (χ0) is 17.3. The summed E-state index contributed by atoms with van der Waals surface area (Å²) in [5, 5.41) is 14.0. The van der Waals surface area contributed by atoms with Crippen LogP contribution < -0.4 is 10.1 Å². The molecule has 3 rings (SSSR count). The van der Waals surface area contributed by atoms with Crippen LogP contribution >= 0.6 is 0 Å². The number of benzene rings is 1. The van der Waals surface area contributed by atoms with Crippen LogP contribution in [0.25, 0.3) is 0 Å². The van der Waals surface area contributed by atoms with Crippen molar-refractivity contribution in [3.63, 3.8) is 0 Å². The highest BCUT2D eigenvalue weighted by Crippen LogP contribution is 2.33. The summed E-state index contributed by atoms with van der Waals surface area (Å²) in [6.45, 7) is 0. The Labute approximate surface area is 141 Å². The molecule has 0 aromatic heterocycles. The van der Waals surface area contributed by atoms with Gasteiger partial charge in [0.1, 0.15) is 0 Å². The predicted octanol–water partition coefficient (Wildman–Crippen LogP) is 2.35. The first-order chi connectivity index (χ1) is 11.5. The van der Waals surface area contributed by atoms with Gasteiger partial charge in [0.25, 0.3) is 5.91 Å². The summed E-state index contributed by atoms with van der Waals surface area (Å²) < 4.78 is 5.03. The average Bonchev–Trinajstić information content (AvgIpc) is 2.55. The van der Waals surface area contributed by atoms with E-state index in [9.17, 15) is 14.9 Å². The Morgan fingerprint density at radius 2 is 2.00 bits per heavy atom. The van der Waals surface area contributed by atoms with Crippen molar-refractivity contribution >= 4 is 11.6 Å². The second-order valence-electron chi connectivity index (χ2n) is 6.69. The van der Waals surface area contributed by atoms with Crippen LogP contribution in [0.5, 0.6) is 5.75 Å². The fourth-order valence-electron chi connectivity index (χ4n) is 3.97. The fraction of sp³-hybridized carbons (Fsp3) is 0.588. The summed E-state index contributed by atoms with van der Waals surface area (Å²) in [4.78, 5) is 25.4. The van der Waals surface area contributed by atoms with Gasteiger partial charge in [0.2, 0.25) is 0 Å². The monoisotopic (exact) mass is 333 g/mol. The number of ether oxygens (including phenoxy) is 1. The van der Waals surface area contributed by atoms with Crippen molar-refractivity contribution in [2.75, 3.05) is 14.2 Å². The van der Waals surface area contributed by atoms with Crippen molar-refractivity contribution in [2.45, 2.75) is 50.2 Å². The number of hydrogen-bond donors (Lipinski definition) is 1. The molecule has 1 N–H and O–H groups in total. The van der Waals surface area contributed by atoms with E-state index in [4.69, 9.17) is 4.74 Å². The quantitative estimate of drug-likeness (QED) is 0.675. The lowest BCUT2D eigenvalue weighted by molar-refractivity contribution is -0.385. The topological polar surface area (TPSA) is 84.7 Å². The van der Waals surface area contributed by atoms with Gasteiger partial charge in [0.05, 0.1) is 12.0 Å². The van der Waals surface area contributed by atoms with Crippen molar-refractivity contribution in [3.8, 4) is 5.75 Å². The summed E-state index contributed by atoms with van der Waals surface area (Å²) in [5.41, 5.74) is 0.254. The smallest absolute Gasteiger partial charge is 0.310 e. The second kappa shape index (κ2) is 6.76. The van der Waals surface area contributed by atoms with Crippen molar-refractivity contribution < 1.29 is 14.5 Å². The Morgan fingerprint density at radius 1 is 1.33 bits per heavy atom. The number of hydrogen-bond acceptors (Lipinski definition) is 5. The van der Waals surface area contributed by atoms with Gasteiger partial charge in [-0.15, -0.1) is 0 Å². The molecule has 130 valence electrons. The summed E-state index contributed by atoms with van der Waals surface area (Å²) >= 11 is 0. The van der Waals surface area contributed by atoms with E-state index in [1.807, 2.05) is 0 Å². The highest BCUT2D eigenvalue weighted by Gasteiger charge is 2.36. The number of amides is 1. The van der Waals surface area contributed by atoms with Crippen LogP contribution in [0, 0.1) is 10.1 Å². The summed E-state index contributed by atoms with van der Waals surface area (Å²) in [5.74, 6) is -0.0938. The van der Waals surface area contributed by atoms with E-state index in [0.29, 0.717) is 17.6 Å². The maximum atomic E-state index is 12.5. The van der Waals surface area contributed by atoms with Crippen LogP contribution in [-0.2, 0) is 0 Å². The van der Waals surface area contributed by atoms with Gasteiger partial charge in [0.15, 0.2) is 5.75 Å². The molecule has 2 bridgehead atoms. The maximum absolute atomic E-state index is 12.5. The van der Waals surface area contributed by atoms with Gasteiger partial charge in [-0.1, -0.05) is 6.42 Å². The summed E-state index contributed by atoms with van der Waals surface area (Å²) in [6, 6.07) is 5.46. The van der Waals surface area contributed by atoms with E-state index in [-0.39, 0.29) is 23.4 Å². The molecule has 0 aliphatic carbocycles. The Morgan fingerprint density at radius 3 is 2.58 bits per heavy atom. The van der Waals surface area contributed by atoms with E-state index in [0.717, 1.165) is 12.8 Å². The minimum Gasteiger partial charge on any atom is -0.490 e. The number of carbonyl (C=O) groups is 1. The molecule has 2 fully saturated rings. The molecule has 24 heavy (non-hydrogen) atoms. The molecule has 1 amide bonds. The first-order valence-corrected chi connectivity index (χ1v) is 8.35. The fourth-order valence-corrected chi connectivity index (χ4v) is 3.97. The number of piperidine rings is 2. The Bertz CT molecular complexity index is 635. The number of methoxy groups -OCH3 is 1. The van der Waals surface area contributed by atoms with Gasteiger partial charge in [-0.25, -0.2) is 0 Å². The minimum absolute atomic E-state index is 0.105. The molecule has 7 nitrogen and oxygen atoms in total. The normalized spacial score (nSPS) is 26.7. The molecule has 2 saturated heterocycles. The standard InChI is InChI=1S/C17H23N3O4/c1-19-13-4-3-5-14(19)10-12(9-13)18-17(21)11-6-7-15(20(22)23)16(8-11)24-2/h6-8,12-14H,3-5,9-10H2,1-2H3,(H,18,21). The van der Waals surface area contributed by atoms with Gasteiger partial charge in [0, 0.05) is 35.8 Å². The molecule has 1 aromatic rings. The molecule has 0 radical (unpaired) electrons. The molecule has 2 unspecified atom stereocenters. The molecular formula is C17H23N3O4. The molecule has 1 aromatic carbocycles. The van der Waals surface area contributed by atoms with E-state index in [1.54, 1.807) is 0 Å². The third-order valence-corrected chi connectivity index (χ3v) is 5.31. The van der Waals surface area contributed by atoms with E-state index in [1.165, 1.54) is 44.6 Å². The predicted molar refractivity (Wildman–Crippen MR) is 89.3 cm³/mol. The SMILES string of the molecule is COc1cc(C(=O)NC2CC3CCCC(C2)N3C)ccc1[N+](=O)[O-]. The lowest BCUT2D eigenvalue weighted by atomic mass is 9.82. The summed E-state index contributed by atoms with van der Waals surface area (Å²) in [6.07, 6.45) is 5.56. The molecule has 2 aliphatic rings. The lowest BCUT2D eigenvalue weighted by Gasteiger charge is -2.47. The van der Waals surface area contributed by atoms with E-state index in [2.05, 4.69) is 17.3 Å². The van der Waals surface area contributed by atoms with Crippen LogP contribution in [-0.4, -0.2) is 48.0 Å². The van der Waals surface area contributed by atoms with Crippen molar-refractivity contribution in [1.29, 1.82) is 0 Å². The van der Waals surface area contributed by atoms with Gasteiger partial charge in [-0.2, -0.15) is 0 Å². The second-order valence-corrected chi connectivity index (χ2v) is 6.69. The van der Waals surface area contributed by atoms with Crippen molar-refractivity contribution in [2.24, 2.45) is 0 Å². The van der Waals surface area contributed by atoms with Crippen LogP contribution in [0.4, 0.5) is 5.69 Å². The highest BCUT2D eigenvalue weighted by atomic mass is 16.6. The van der Waals surface area contributed by atoms with E-state index < -0.39 is 4.92 Å². The first-order valence-electron chi connectivity index (χ1n) is 8.35. The first kappa shape index (κ1) is 16.7. The average molecular weight is 333 g/mol.